The Morgan fingerprint density at radius 1 is 1.25 bits per heavy atom. The molecule has 1 aromatic heterocycles. The van der Waals surface area contributed by atoms with Crippen LogP contribution in [0, 0.1) is 0 Å². The summed E-state index contributed by atoms with van der Waals surface area (Å²) < 4.78 is 0. The van der Waals surface area contributed by atoms with Crippen LogP contribution < -0.4 is 4.90 Å². The Morgan fingerprint density at radius 3 is 2.50 bits per heavy atom. The molecule has 112 valence electrons. The predicted molar refractivity (Wildman–Crippen MR) is 81.0 cm³/mol. The van der Waals surface area contributed by atoms with Crippen LogP contribution in [0.2, 0.25) is 0 Å². The highest BCUT2D eigenvalue weighted by atomic mass is 16.3. The van der Waals surface area contributed by atoms with Crippen LogP contribution >= 0.6 is 0 Å². The fourth-order valence-corrected chi connectivity index (χ4v) is 2.61. The molecular formula is C15H26N4O. The average Bonchev–Trinajstić information content (AvgIpc) is 2.47. The molecule has 1 aliphatic rings. The first-order valence-corrected chi connectivity index (χ1v) is 7.59. The highest BCUT2D eigenvalue weighted by molar-refractivity contribution is 5.49. The van der Waals surface area contributed by atoms with Gasteiger partial charge in [0.2, 0.25) is 0 Å². The highest BCUT2D eigenvalue weighted by Crippen LogP contribution is 2.21. The van der Waals surface area contributed by atoms with Crippen molar-refractivity contribution < 1.29 is 5.11 Å². The molecule has 0 aliphatic carbocycles. The minimum Gasteiger partial charge on any atom is -0.390 e. The van der Waals surface area contributed by atoms with Gasteiger partial charge in [-0.05, 0) is 13.0 Å². The van der Waals surface area contributed by atoms with E-state index in [9.17, 15) is 5.11 Å². The van der Waals surface area contributed by atoms with Crippen LogP contribution in [0.25, 0.3) is 0 Å². The van der Waals surface area contributed by atoms with E-state index in [1.807, 2.05) is 6.20 Å². The molecule has 1 aromatic rings. The maximum absolute atomic E-state index is 9.56. The van der Waals surface area contributed by atoms with Crippen molar-refractivity contribution in [2.45, 2.75) is 39.7 Å². The second-order valence-electron chi connectivity index (χ2n) is 5.70. The Balaban J connectivity index is 2.09. The Bertz CT molecular complexity index is 428. The van der Waals surface area contributed by atoms with Crippen molar-refractivity contribution in [3.63, 3.8) is 0 Å². The lowest BCUT2D eigenvalue weighted by molar-refractivity contribution is 0.255. The normalized spacial score (nSPS) is 16.9. The van der Waals surface area contributed by atoms with Crippen molar-refractivity contribution >= 4 is 5.69 Å². The summed E-state index contributed by atoms with van der Waals surface area (Å²) in [7, 11) is 0. The van der Waals surface area contributed by atoms with Gasteiger partial charge in [0, 0.05) is 32.1 Å². The Kier molecular flexibility index (Phi) is 5.31. The van der Waals surface area contributed by atoms with Crippen LogP contribution in [0.4, 0.5) is 5.69 Å². The molecule has 1 aliphatic heterocycles. The zero-order chi connectivity index (χ0) is 14.5. The van der Waals surface area contributed by atoms with Gasteiger partial charge in [-0.25, -0.2) is 9.97 Å². The van der Waals surface area contributed by atoms with E-state index < -0.39 is 0 Å². The molecule has 0 atom stereocenters. The van der Waals surface area contributed by atoms with E-state index in [0.29, 0.717) is 0 Å². The number of rotatable bonds is 5. The van der Waals surface area contributed by atoms with E-state index in [0.717, 1.165) is 43.4 Å². The van der Waals surface area contributed by atoms with Gasteiger partial charge in [0.1, 0.15) is 5.82 Å². The van der Waals surface area contributed by atoms with E-state index in [2.05, 4.69) is 40.5 Å². The minimum absolute atomic E-state index is 0.0211. The van der Waals surface area contributed by atoms with Crippen molar-refractivity contribution in [3.05, 3.63) is 17.7 Å². The summed E-state index contributed by atoms with van der Waals surface area (Å²) in [6.07, 6.45) is 3.08. The summed E-state index contributed by atoms with van der Waals surface area (Å²) in [5.74, 6) is 1.10. The molecule has 20 heavy (non-hydrogen) atoms. The molecule has 0 saturated carbocycles. The molecule has 0 bridgehead atoms. The van der Waals surface area contributed by atoms with Crippen LogP contribution in [0.1, 0.15) is 44.6 Å². The monoisotopic (exact) mass is 278 g/mol. The summed E-state index contributed by atoms with van der Waals surface area (Å²) >= 11 is 0. The molecule has 0 amide bonds. The third-order valence-electron chi connectivity index (χ3n) is 3.78. The van der Waals surface area contributed by atoms with Gasteiger partial charge in [-0.15, -0.1) is 0 Å². The highest BCUT2D eigenvalue weighted by Gasteiger charge is 2.20. The van der Waals surface area contributed by atoms with Gasteiger partial charge in [0.05, 0.1) is 24.2 Å². The van der Waals surface area contributed by atoms with E-state index in [4.69, 9.17) is 0 Å². The molecule has 1 fully saturated rings. The molecule has 0 aromatic carbocycles. The number of hydrogen-bond donors (Lipinski definition) is 1. The first-order valence-electron chi connectivity index (χ1n) is 7.59. The number of nitrogens with zero attached hydrogens (tertiary/aromatic N) is 4. The number of aliphatic hydroxyl groups is 1. The molecular weight excluding hydrogens is 252 g/mol. The summed E-state index contributed by atoms with van der Waals surface area (Å²) in [5.41, 5.74) is 1.75. The lowest BCUT2D eigenvalue weighted by Gasteiger charge is -2.36. The number of anilines is 1. The van der Waals surface area contributed by atoms with E-state index >= 15 is 0 Å². The van der Waals surface area contributed by atoms with Crippen LogP contribution in [0.5, 0.6) is 0 Å². The summed E-state index contributed by atoms with van der Waals surface area (Å²) in [6, 6.07) is 0. The van der Waals surface area contributed by atoms with Crippen molar-refractivity contribution in [1.82, 2.24) is 14.9 Å². The molecule has 5 heteroatoms. The van der Waals surface area contributed by atoms with E-state index in [1.165, 1.54) is 13.0 Å². The van der Waals surface area contributed by atoms with Gasteiger partial charge in [0.15, 0.2) is 0 Å². The van der Waals surface area contributed by atoms with Crippen LogP contribution in [-0.2, 0) is 6.61 Å². The number of piperazine rings is 1. The zero-order valence-corrected chi connectivity index (χ0v) is 12.8. The van der Waals surface area contributed by atoms with E-state index in [-0.39, 0.29) is 12.5 Å². The van der Waals surface area contributed by atoms with Gasteiger partial charge >= 0.3 is 0 Å². The lowest BCUT2D eigenvalue weighted by Crippen LogP contribution is -2.47. The smallest absolute Gasteiger partial charge is 0.131 e. The zero-order valence-electron chi connectivity index (χ0n) is 12.8. The Morgan fingerprint density at radius 2 is 1.95 bits per heavy atom. The fourth-order valence-electron chi connectivity index (χ4n) is 2.61. The van der Waals surface area contributed by atoms with Crippen molar-refractivity contribution in [3.8, 4) is 0 Å². The molecule has 0 radical (unpaired) electrons. The maximum atomic E-state index is 9.56. The van der Waals surface area contributed by atoms with Gasteiger partial charge in [-0.1, -0.05) is 20.8 Å². The Labute approximate surface area is 121 Å². The number of aliphatic hydroxyl groups excluding tert-OH is 1. The lowest BCUT2D eigenvalue weighted by atomic mass is 10.2. The van der Waals surface area contributed by atoms with Crippen LogP contribution in [0.15, 0.2) is 6.20 Å². The van der Waals surface area contributed by atoms with Crippen LogP contribution in [-0.4, -0.2) is 52.7 Å². The number of hydrogen-bond acceptors (Lipinski definition) is 5. The molecule has 1 saturated heterocycles. The Hall–Kier alpha value is -1.20. The largest absolute Gasteiger partial charge is 0.390 e. The van der Waals surface area contributed by atoms with Gasteiger partial charge < -0.3 is 10.0 Å². The molecule has 5 nitrogen and oxygen atoms in total. The topological polar surface area (TPSA) is 52.5 Å². The SMILES string of the molecule is CCCN1CCN(c2cnc(C(C)C)nc2CO)CC1. The third-order valence-corrected chi connectivity index (χ3v) is 3.78. The quantitative estimate of drug-likeness (QED) is 0.887. The van der Waals surface area contributed by atoms with E-state index in [1.54, 1.807) is 0 Å². The molecule has 0 unspecified atom stereocenters. The van der Waals surface area contributed by atoms with Crippen LogP contribution in [0.3, 0.4) is 0 Å². The molecule has 1 N–H and O–H groups in total. The minimum atomic E-state index is -0.0211. The van der Waals surface area contributed by atoms with Gasteiger partial charge in [0.25, 0.3) is 0 Å². The van der Waals surface area contributed by atoms with Gasteiger partial charge in [-0.3, -0.25) is 4.90 Å². The molecule has 2 heterocycles. The molecule has 2 rings (SSSR count). The average molecular weight is 278 g/mol. The standard InChI is InChI=1S/C15H26N4O/c1-4-5-18-6-8-19(9-7-18)14-10-16-15(12(2)3)17-13(14)11-20/h10,12,20H,4-9,11H2,1-3H3. The fraction of sp³-hybridized carbons (Fsp3) is 0.733. The third kappa shape index (κ3) is 3.46. The first-order chi connectivity index (χ1) is 9.65. The number of aromatic nitrogens is 2. The first kappa shape index (κ1) is 15.2. The van der Waals surface area contributed by atoms with Gasteiger partial charge in [-0.2, -0.15) is 0 Å². The second-order valence-corrected chi connectivity index (χ2v) is 5.70. The summed E-state index contributed by atoms with van der Waals surface area (Å²) in [6.45, 7) is 11.6. The summed E-state index contributed by atoms with van der Waals surface area (Å²) in [5, 5.41) is 9.56. The van der Waals surface area contributed by atoms with Crippen molar-refractivity contribution in [2.24, 2.45) is 0 Å². The van der Waals surface area contributed by atoms with Crippen molar-refractivity contribution in [1.29, 1.82) is 0 Å². The predicted octanol–water partition coefficient (Wildman–Crippen LogP) is 1.62. The van der Waals surface area contributed by atoms with Crippen molar-refractivity contribution in [2.75, 3.05) is 37.6 Å². The maximum Gasteiger partial charge on any atom is 0.131 e. The second kappa shape index (κ2) is 6.99. The summed E-state index contributed by atoms with van der Waals surface area (Å²) in [4.78, 5) is 13.7. The molecule has 0 spiro atoms.